The highest BCUT2D eigenvalue weighted by molar-refractivity contribution is 5.33. The lowest BCUT2D eigenvalue weighted by Crippen LogP contribution is -2.19. The molecule has 0 spiro atoms. The van der Waals surface area contributed by atoms with Gasteiger partial charge in [0.15, 0.2) is 0 Å². The summed E-state index contributed by atoms with van der Waals surface area (Å²) in [5, 5.41) is 0. The van der Waals surface area contributed by atoms with Crippen LogP contribution in [0, 0.1) is 5.82 Å². The molecule has 20 heavy (non-hydrogen) atoms. The molecule has 2 aromatic carbocycles. The zero-order valence-electron chi connectivity index (χ0n) is 11.4. The van der Waals surface area contributed by atoms with Crippen LogP contribution in [0.3, 0.4) is 0 Å². The van der Waals surface area contributed by atoms with Crippen LogP contribution in [0.2, 0.25) is 0 Å². The van der Waals surface area contributed by atoms with Crippen LogP contribution >= 0.6 is 0 Å². The third kappa shape index (κ3) is 3.96. The largest absolute Gasteiger partial charge is 0.494 e. The highest BCUT2D eigenvalue weighted by Gasteiger charge is 2.07. The number of ether oxygens (including phenoxy) is 2. The highest BCUT2D eigenvalue weighted by atomic mass is 19.1. The molecule has 0 amide bonds. The SMILES string of the molecule is CCOc1cccc(OCC(N)c2ccc(F)cc2)c1. The molecule has 4 heteroatoms. The van der Waals surface area contributed by atoms with Crippen LogP contribution in [0.25, 0.3) is 0 Å². The van der Waals surface area contributed by atoms with E-state index < -0.39 is 0 Å². The van der Waals surface area contributed by atoms with Crippen LogP contribution in [-0.4, -0.2) is 13.2 Å². The van der Waals surface area contributed by atoms with Gasteiger partial charge in [0.05, 0.1) is 12.6 Å². The van der Waals surface area contributed by atoms with Gasteiger partial charge in [0.2, 0.25) is 0 Å². The summed E-state index contributed by atoms with van der Waals surface area (Å²) in [6.07, 6.45) is 0. The molecule has 3 nitrogen and oxygen atoms in total. The van der Waals surface area contributed by atoms with E-state index in [1.54, 1.807) is 12.1 Å². The summed E-state index contributed by atoms with van der Waals surface area (Å²) in [7, 11) is 0. The normalized spacial score (nSPS) is 11.9. The van der Waals surface area contributed by atoms with Gasteiger partial charge < -0.3 is 15.2 Å². The van der Waals surface area contributed by atoms with E-state index >= 15 is 0 Å². The monoisotopic (exact) mass is 275 g/mol. The van der Waals surface area contributed by atoms with Crippen molar-refractivity contribution in [2.24, 2.45) is 5.73 Å². The third-order valence-electron chi connectivity index (χ3n) is 2.84. The fourth-order valence-corrected chi connectivity index (χ4v) is 1.81. The third-order valence-corrected chi connectivity index (χ3v) is 2.84. The minimum absolute atomic E-state index is 0.272. The first-order valence-corrected chi connectivity index (χ1v) is 6.55. The summed E-state index contributed by atoms with van der Waals surface area (Å²) >= 11 is 0. The predicted octanol–water partition coefficient (Wildman–Crippen LogP) is 3.30. The quantitative estimate of drug-likeness (QED) is 0.879. The van der Waals surface area contributed by atoms with Gasteiger partial charge in [-0.05, 0) is 36.8 Å². The summed E-state index contributed by atoms with van der Waals surface area (Å²) in [5.74, 6) is 1.19. The molecule has 1 atom stereocenters. The van der Waals surface area contributed by atoms with E-state index in [2.05, 4.69) is 0 Å². The molecule has 0 saturated carbocycles. The van der Waals surface area contributed by atoms with Crippen molar-refractivity contribution in [3.8, 4) is 11.5 Å². The first-order chi connectivity index (χ1) is 9.69. The molecule has 2 rings (SSSR count). The molecule has 0 fully saturated rings. The number of halogens is 1. The fourth-order valence-electron chi connectivity index (χ4n) is 1.81. The van der Waals surface area contributed by atoms with Gasteiger partial charge in [0.1, 0.15) is 23.9 Å². The van der Waals surface area contributed by atoms with Gasteiger partial charge in [0, 0.05) is 6.07 Å². The summed E-state index contributed by atoms with van der Waals surface area (Å²) < 4.78 is 23.9. The lowest BCUT2D eigenvalue weighted by molar-refractivity contribution is 0.286. The Hall–Kier alpha value is -2.07. The van der Waals surface area contributed by atoms with E-state index in [1.165, 1.54) is 12.1 Å². The Morgan fingerprint density at radius 3 is 2.35 bits per heavy atom. The first-order valence-electron chi connectivity index (χ1n) is 6.55. The maximum atomic E-state index is 12.8. The topological polar surface area (TPSA) is 44.5 Å². The Bertz CT molecular complexity index is 542. The Kier molecular flexibility index (Phi) is 4.96. The van der Waals surface area contributed by atoms with Gasteiger partial charge in [0.25, 0.3) is 0 Å². The second kappa shape index (κ2) is 6.91. The summed E-state index contributed by atoms with van der Waals surface area (Å²) in [6, 6.07) is 13.2. The van der Waals surface area contributed by atoms with Crippen molar-refractivity contribution in [2.45, 2.75) is 13.0 Å². The van der Waals surface area contributed by atoms with Gasteiger partial charge in [-0.25, -0.2) is 4.39 Å². The van der Waals surface area contributed by atoms with Crippen molar-refractivity contribution in [3.63, 3.8) is 0 Å². The Balaban J connectivity index is 1.94. The van der Waals surface area contributed by atoms with E-state index in [1.807, 2.05) is 31.2 Å². The van der Waals surface area contributed by atoms with Crippen LogP contribution in [0.15, 0.2) is 48.5 Å². The van der Waals surface area contributed by atoms with Gasteiger partial charge in [-0.1, -0.05) is 18.2 Å². The molecule has 2 aromatic rings. The smallest absolute Gasteiger partial charge is 0.123 e. The first kappa shape index (κ1) is 14.3. The van der Waals surface area contributed by atoms with Crippen molar-refractivity contribution in [2.75, 3.05) is 13.2 Å². The molecule has 0 aliphatic carbocycles. The van der Waals surface area contributed by atoms with Crippen molar-refractivity contribution < 1.29 is 13.9 Å². The van der Waals surface area contributed by atoms with Gasteiger partial charge in [-0.15, -0.1) is 0 Å². The lowest BCUT2D eigenvalue weighted by atomic mass is 10.1. The Morgan fingerprint density at radius 1 is 1.05 bits per heavy atom. The van der Waals surface area contributed by atoms with Crippen LogP contribution in [0.1, 0.15) is 18.5 Å². The molecule has 0 bridgehead atoms. The standard InChI is InChI=1S/C16H18FNO2/c1-2-19-14-4-3-5-15(10-14)20-11-16(18)12-6-8-13(17)9-7-12/h3-10,16H,2,11,18H2,1H3. The fraction of sp³-hybridized carbons (Fsp3) is 0.250. The maximum absolute atomic E-state index is 12.8. The molecule has 0 aliphatic rings. The van der Waals surface area contributed by atoms with E-state index in [4.69, 9.17) is 15.2 Å². The van der Waals surface area contributed by atoms with Crippen LogP contribution in [0.4, 0.5) is 4.39 Å². The molecular weight excluding hydrogens is 257 g/mol. The van der Waals surface area contributed by atoms with Crippen LogP contribution < -0.4 is 15.2 Å². The molecule has 106 valence electrons. The van der Waals surface area contributed by atoms with Crippen molar-refractivity contribution in [1.82, 2.24) is 0 Å². The average Bonchev–Trinajstić information content (AvgIpc) is 2.46. The summed E-state index contributed by atoms with van der Waals surface area (Å²) in [4.78, 5) is 0. The zero-order chi connectivity index (χ0) is 14.4. The van der Waals surface area contributed by atoms with E-state index in [0.29, 0.717) is 19.0 Å². The van der Waals surface area contributed by atoms with E-state index in [9.17, 15) is 4.39 Å². The Labute approximate surface area is 118 Å². The lowest BCUT2D eigenvalue weighted by Gasteiger charge is -2.14. The molecule has 0 saturated heterocycles. The molecule has 0 radical (unpaired) electrons. The number of nitrogens with two attached hydrogens (primary N) is 1. The van der Waals surface area contributed by atoms with Gasteiger partial charge in [-0.3, -0.25) is 0 Å². The number of rotatable bonds is 6. The maximum Gasteiger partial charge on any atom is 0.123 e. The van der Waals surface area contributed by atoms with Gasteiger partial charge >= 0.3 is 0 Å². The molecule has 0 aliphatic heterocycles. The van der Waals surface area contributed by atoms with Crippen LogP contribution in [-0.2, 0) is 0 Å². The second-order valence-electron chi connectivity index (χ2n) is 4.38. The van der Waals surface area contributed by atoms with Crippen molar-refractivity contribution in [1.29, 1.82) is 0 Å². The van der Waals surface area contributed by atoms with E-state index in [0.717, 1.165) is 11.3 Å². The van der Waals surface area contributed by atoms with Crippen molar-refractivity contribution in [3.05, 3.63) is 59.9 Å². The van der Waals surface area contributed by atoms with Gasteiger partial charge in [-0.2, -0.15) is 0 Å². The summed E-state index contributed by atoms with van der Waals surface area (Å²) in [6.45, 7) is 2.86. The molecule has 1 unspecified atom stereocenters. The number of hydrogen-bond acceptors (Lipinski definition) is 3. The van der Waals surface area contributed by atoms with Crippen molar-refractivity contribution >= 4 is 0 Å². The highest BCUT2D eigenvalue weighted by Crippen LogP contribution is 2.21. The molecule has 0 heterocycles. The minimum atomic E-state index is -0.300. The molecular formula is C16H18FNO2. The number of benzene rings is 2. The molecule has 2 N–H and O–H groups in total. The predicted molar refractivity (Wildman–Crippen MR) is 76.4 cm³/mol. The van der Waals surface area contributed by atoms with Crippen LogP contribution in [0.5, 0.6) is 11.5 Å². The second-order valence-corrected chi connectivity index (χ2v) is 4.38. The zero-order valence-corrected chi connectivity index (χ0v) is 11.4. The molecule has 0 aromatic heterocycles. The number of hydrogen-bond donors (Lipinski definition) is 1. The van der Waals surface area contributed by atoms with E-state index in [-0.39, 0.29) is 11.9 Å². The Morgan fingerprint density at radius 2 is 1.70 bits per heavy atom. The summed E-state index contributed by atoms with van der Waals surface area (Å²) in [5.41, 5.74) is 6.85. The minimum Gasteiger partial charge on any atom is -0.494 e. The average molecular weight is 275 g/mol.